The van der Waals surface area contributed by atoms with Crippen molar-refractivity contribution in [2.75, 3.05) is 11.4 Å². The van der Waals surface area contributed by atoms with Crippen LogP contribution in [-0.4, -0.2) is 34.2 Å². The second kappa shape index (κ2) is 6.35. The van der Waals surface area contributed by atoms with E-state index in [4.69, 9.17) is 23.2 Å². The number of halogens is 2. The van der Waals surface area contributed by atoms with Gasteiger partial charge in [-0.3, -0.25) is 14.3 Å². The minimum absolute atomic E-state index is 0.177. The monoisotopic (exact) mass is 378 g/mol. The van der Waals surface area contributed by atoms with Crippen molar-refractivity contribution >= 4 is 40.7 Å². The fourth-order valence-electron chi connectivity index (χ4n) is 3.36. The maximum Gasteiger partial charge on any atom is 0.272 e. The summed E-state index contributed by atoms with van der Waals surface area (Å²) < 4.78 is 1.85. The van der Waals surface area contributed by atoms with Gasteiger partial charge in [0.25, 0.3) is 5.91 Å². The highest BCUT2D eigenvalue weighted by Crippen LogP contribution is 2.31. The molecule has 3 heterocycles. The van der Waals surface area contributed by atoms with Crippen LogP contribution in [0.5, 0.6) is 0 Å². The molecule has 0 radical (unpaired) electrons. The van der Waals surface area contributed by atoms with Gasteiger partial charge in [-0.25, -0.2) is 0 Å². The highest BCUT2D eigenvalue weighted by atomic mass is 35.5. The van der Waals surface area contributed by atoms with E-state index in [1.54, 1.807) is 29.2 Å². The van der Waals surface area contributed by atoms with Crippen molar-refractivity contribution in [3.8, 4) is 0 Å². The number of nitrogens with zero attached hydrogens (tertiary/aromatic N) is 3. The zero-order valence-corrected chi connectivity index (χ0v) is 14.8. The van der Waals surface area contributed by atoms with Gasteiger partial charge in [-0.15, -0.1) is 0 Å². The first-order valence-electron chi connectivity index (χ1n) is 8.17. The number of aromatic nitrogens is 2. The van der Waals surface area contributed by atoms with Gasteiger partial charge in [-0.05, 0) is 43.5 Å². The summed E-state index contributed by atoms with van der Waals surface area (Å²) in [6.45, 7) is 1.33. The highest BCUT2D eigenvalue weighted by Gasteiger charge is 2.35. The molecule has 4 rings (SSSR count). The van der Waals surface area contributed by atoms with Crippen molar-refractivity contribution in [1.82, 2.24) is 15.1 Å². The Bertz CT molecular complexity index is 843. The Morgan fingerprint density at radius 1 is 1.24 bits per heavy atom. The minimum atomic E-state index is -0.573. The van der Waals surface area contributed by atoms with Crippen LogP contribution < -0.4 is 10.2 Å². The molecule has 2 aromatic rings. The molecule has 0 aliphatic carbocycles. The van der Waals surface area contributed by atoms with E-state index < -0.39 is 6.04 Å². The van der Waals surface area contributed by atoms with E-state index in [-0.39, 0.29) is 11.8 Å². The Kier molecular flexibility index (Phi) is 4.17. The molecule has 1 saturated heterocycles. The van der Waals surface area contributed by atoms with Crippen molar-refractivity contribution in [3.05, 3.63) is 45.7 Å². The van der Waals surface area contributed by atoms with Crippen LogP contribution in [0.1, 0.15) is 29.0 Å². The van der Waals surface area contributed by atoms with Gasteiger partial charge in [0.05, 0.1) is 10.7 Å². The molecule has 1 aromatic carbocycles. The number of benzene rings is 1. The number of carbonyl (C=O) groups is 2. The molecule has 2 aliphatic rings. The van der Waals surface area contributed by atoms with Crippen LogP contribution >= 0.6 is 23.2 Å². The first-order chi connectivity index (χ1) is 12.0. The van der Waals surface area contributed by atoms with Gasteiger partial charge in [0, 0.05) is 23.8 Å². The third kappa shape index (κ3) is 3.00. The number of hydrogen-bond donors (Lipinski definition) is 1. The number of hydrogen-bond acceptors (Lipinski definition) is 3. The number of aryl methyl sites for hydroxylation is 2. The average molecular weight is 379 g/mol. The Morgan fingerprint density at radius 3 is 2.84 bits per heavy atom. The number of fused-ring (bicyclic) bond motifs is 1. The summed E-state index contributed by atoms with van der Waals surface area (Å²) in [5.41, 5.74) is 2.04. The quantitative estimate of drug-likeness (QED) is 0.892. The van der Waals surface area contributed by atoms with Crippen molar-refractivity contribution in [2.45, 2.75) is 31.8 Å². The number of carbonyl (C=O) groups excluding carboxylic acids is 2. The summed E-state index contributed by atoms with van der Waals surface area (Å²) in [4.78, 5) is 26.6. The largest absolute Gasteiger partial charge is 0.339 e. The Morgan fingerprint density at radius 2 is 2.08 bits per heavy atom. The third-order valence-electron chi connectivity index (χ3n) is 4.61. The molecule has 1 N–H and O–H groups in total. The molecule has 0 spiro atoms. The second-order valence-corrected chi connectivity index (χ2v) is 7.09. The molecule has 1 aromatic heterocycles. The lowest BCUT2D eigenvalue weighted by molar-refractivity contribution is -0.118. The van der Waals surface area contributed by atoms with Gasteiger partial charge < -0.3 is 10.2 Å². The van der Waals surface area contributed by atoms with Crippen molar-refractivity contribution < 1.29 is 9.59 Å². The molecule has 2 aliphatic heterocycles. The molecule has 130 valence electrons. The summed E-state index contributed by atoms with van der Waals surface area (Å²) in [6.07, 6.45) is 2.52. The molecular weight excluding hydrogens is 363 g/mol. The van der Waals surface area contributed by atoms with E-state index in [1.165, 1.54) is 0 Å². The van der Waals surface area contributed by atoms with Crippen LogP contribution in [0.15, 0.2) is 24.3 Å². The fraction of sp³-hybridized carbons (Fsp3) is 0.353. The smallest absolute Gasteiger partial charge is 0.272 e. The van der Waals surface area contributed by atoms with Crippen LogP contribution in [0.2, 0.25) is 10.0 Å². The Labute approximate surface area is 154 Å². The van der Waals surface area contributed by atoms with Gasteiger partial charge in [0.15, 0.2) is 0 Å². The topological polar surface area (TPSA) is 67.2 Å². The van der Waals surface area contributed by atoms with E-state index in [9.17, 15) is 9.59 Å². The van der Waals surface area contributed by atoms with Gasteiger partial charge >= 0.3 is 0 Å². The third-order valence-corrected chi connectivity index (χ3v) is 5.15. The Balaban J connectivity index is 1.47. The van der Waals surface area contributed by atoms with Crippen molar-refractivity contribution in [1.29, 1.82) is 0 Å². The number of amides is 2. The van der Waals surface area contributed by atoms with Gasteiger partial charge in [-0.2, -0.15) is 5.10 Å². The van der Waals surface area contributed by atoms with Crippen LogP contribution in [-0.2, 0) is 17.8 Å². The average Bonchev–Trinajstić information content (AvgIpc) is 3.24. The first-order valence-corrected chi connectivity index (χ1v) is 8.92. The standard InChI is InChI=1S/C17H16Cl2N4O2/c18-10-3-4-15(12(19)8-10)22-7-5-13(17(22)25)20-16(24)14-9-11-2-1-6-23(11)21-14/h3-4,8-9,13H,1-2,5-7H2,(H,20,24). The van der Waals surface area contributed by atoms with Gasteiger partial charge in [0.1, 0.15) is 11.7 Å². The maximum atomic E-state index is 12.6. The van der Waals surface area contributed by atoms with Crippen molar-refractivity contribution in [2.24, 2.45) is 0 Å². The van der Waals surface area contributed by atoms with Gasteiger partial charge in [-0.1, -0.05) is 23.2 Å². The van der Waals surface area contributed by atoms with E-state index in [0.29, 0.717) is 34.4 Å². The maximum absolute atomic E-state index is 12.6. The minimum Gasteiger partial charge on any atom is -0.339 e. The molecule has 1 unspecified atom stereocenters. The van der Waals surface area contributed by atoms with E-state index >= 15 is 0 Å². The molecule has 0 bridgehead atoms. The van der Waals surface area contributed by atoms with Gasteiger partial charge in [0.2, 0.25) is 5.91 Å². The van der Waals surface area contributed by atoms with Crippen molar-refractivity contribution in [3.63, 3.8) is 0 Å². The van der Waals surface area contributed by atoms with E-state index in [1.807, 2.05) is 4.68 Å². The van der Waals surface area contributed by atoms with Crippen LogP contribution in [0, 0.1) is 0 Å². The summed E-state index contributed by atoms with van der Waals surface area (Å²) in [5, 5.41) is 8.02. The summed E-state index contributed by atoms with van der Waals surface area (Å²) in [6, 6.07) is 6.23. The number of nitrogens with one attached hydrogen (secondary N) is 1. The lowest BCUT2D eigenvalue weighted by Crippen LogP contribution is -2.41. The summed E-state index contributed by atoms with van der Waals surface area (Å²) >= 11 is 12.1. The molecule has 8 heteroatoms. The molecule has 0 saturated carbocycles. The second-order valence-electron chi connectivity index (χ2n) is 6.25. The number of rotatable bonds is 3. The van der Waals surface area contributed by atoms with E-state index in [2.05, 4.69) is 10.4 Å². The van der Waals surface area contributed by atoms with E-state index in [0.717, 1.165) is 25.1 Å². The molecule has 1 fully saturated rings. The molecular formula is C17H16Cl2N4O2. The first kappa shape index (κ1) is 16.4. The normalized spacial score (nSPS) is 19.4. The molecule has 2 amide bonds. The SMILES string of the molecule is O=C(NC1CCN(c2ccc(Cl)cc2Cl)C1=O)c1cc2n(n1)CCC2. The fourth-order valence-corrected chi connectivity index (χ4v) is 3.87. The number of anilines is 1. The zero-order valence-electron chi connectivity index (χ0n) is 13.3. The molecule has 25 heavy (non-hydrogen) atoms. The summed E-state index contributed by atoms with van der Waals surface area (Å²) in [5.74, 6) is -0.492. The van der Waals surface area contributed by atoms with Crippen LogP contribution in [0.25, 0.3) is 0 Å². The molecule has 1 atom stereocenters. The lowest BCUT2D eigenvalue weighted by atomic mass is 10.2. The van der Waals surface area contributed by atoms with Crippen LogP contribution in [0.4, 0.5) is 5.69 Å². The highest BCUT2D eigenvalue weighted by molar-refractivity contribution is 6.36. The Hall–Kier alpha value is -2.05. The molecule has 6 nitrogen and oxygen atoms in total. The lowest BCUT2D eigenvalue weighted by Gasteiger charge is -2.18. The van der Waals surface area contributed by atoms with Crippen LogP contribution in [0.3, 0.4) is 0 Å². The zero-order chi connectivity index (χ0) is 17.6. The summed E-state index contributed by atoms with van der Waals surface area (Å²) in [7, 11) is 0. The predicted octanol–water partition coefficient (Wildman–Crippen LogP) is 2.67. The predicted molar refractivity (Wildman–Crippen MR) is 95.2 cm³/mol.